The van der Waals surface area contributed by atoms with Crippen LogP contribution in [0.3, 0.4) is 0 Å². The fraction of sp³-hybridized carbons (Fsp3) is 0.231. The monoisotopic (exact) mass is 361 g/mol. The number of alkyl halides is 3. The molecule has 0 fully saturated rings. The van der Waals surface area contributed by atoms with E-state index in [4.69, 9.17) is 11.6 Å². The first-order valence-electron chi connectivity index (χ1n) is 6.62. The predicted octanol–water partition coefficient (Wildman–Crippen LogP) is 4.23. The van der Waals surface area contributed by atoms with E-state index >= 15 is 0 Å². The molecule has 1 aromatic heterocycles. The minimum absolute atomic E-state index is 0.0817. The Bertz CT molecular complexity index is 770. The summed E-state index contributed by atoms with van der Waals surface area (Å²) in [7, 11) is 0. The number of nitrogens with one attached hydrogen (secondary N) is 2. The lowest BCUT2D eigenvalue weighted by molar-refractivity contribution is -0.383. The lowest BCUT2D eigenvalue weighted by Crippen LogP contribution is -2.13. The van der Waals surface area contributed by atoms with Crippen LogP contribution in [0.1, 0.15) is 12.6 Å². The van der Waals surface area contributed by atoms with E-state index in [2.05, 4.69) is 20.6 Å². The standard InChI is InChI=1S/C13H11ClF3N5O2/c1-2-18-12-20-10(13(15,16)17)6-11(21-12)19-8-5-7(14)3-4-9(8)22(23)24/h3-6H,2H2,1H3,(H2,18,19,20,21). The Morgan fingerprint density at radius 2 is 2.00 bits per heavy atom. The Morgan fingerprint density at radius 3 is 2.58 bits per heavy atom. The van der Waals surface area contributed by atoms with Crippen LogP contribution < -0.4 is 10.6 Å². The van der Waals surface area contributed by atoms with Crippen LogP contribution in [0.15, 0.2) is 24.3 Å². The first kappa shape index (κ1) is 17.7. The van der Waals surface area contributed by atoms with E-state index in [0.717, 1.165) is 6.07 Å². The Hall–Kier alpha value is -2.62. The molecule has 0 aliphatic carbocycles. The van der Waals surface area contributed by atoms with Gasteiger partial charge in [0.25, 0.3) is 5.69 Å². The van der Waals surface area contributed by atoms with E-state index in [1.807, 2.05) is 0 Å². The molecular weight excluding hydrogens is 351 g/mol. The normalized spacial score (nSPS) is 11.2. The third-order valence-corrected chi connectivity index (χ3v) is 3.00. The Kier molecular flexibility index (Phi) is 5.07. The predicted molar refractivity (Wildman–Crippen MR) is 82.6 cm³/mol. The number of aromatic nitrogens is 2. The molecule has 0 aliphatic heterocycles. The van der Waals surface area contributed by atoms with Crippen molar-refractivity contribution in [3.63, 3.8) is 0 Å². The van der Waals surface area contributed by atoms with Crippen LogP contribution in [-0.2, 0) is 6.18 Å². The van der Waals surface area contributed by atoms with Crippen LogP contribution in [0, 0.1) is 10.1 Å². The van der Waals surface area contributed by atoms with Crippen LogP contribution in [-0.4, -0.2) is 21.4 Å². The number of hydrogen-bond donors (Lipinski definition) is 2. The average molecular weight is 362 g/mol. The second-order valence-corrected chi connectivity index (χ2v) is 4.97. The van der Waals surface area contributed by atoms with E-state index in [1.54, 1.807) is 6.92 Å². The van der Waals surface area contributed by atoms with Gasteiger partial charge >= 0.3 is 6.18 Å². The molecule has 0 spiro atoms. The van der Waals surface area contributed by atoms with E-state index in [9.17, 15) is 23.3 Å². The summed E-state index contributed by atoms with van der Waals surface area (Å²) in [5, 5.41) is 16.3. The smallest absolute Gasteiger partial charge is 0.354 e. The molecule has 0 bridgehead atoms. The highest BCUT2D eigenvalue weighted by molar-refractivity contribution is 6.31. The van der Waals surface area contributed by atoms with Crippen molar-refractivity contribution in [2.75, 3.05) is 17.2 Å². The van der Waals surface area contributed by atoms with Gasteiger partial charge in [-0.25, -0.2) is 4.98 Å². The zero-order valence-corrected chi connectivity index (χ0v) is 12.9. The molecule has 11 heteroatoms. The zero-order chi connectivity index (χ0) is 17.9. The van der Waals surface area contributed by atoms with Crippen LogP contribution in [0.2, 0.25) is 5.02 Å². The molecule has 0 aliphatic rings. The Labute approximate surface area is 139 Å². The molecule has 1 heterocycles. The van der Waals surface area contributed by atoms with Gasteiger partial charge in [-0.2, -0.15) is 18.2 Å². The minimum Gasteiger partial charge on any atom is -0.354 e. The van der Waals surface area contributed by atoms with Gasteiger partial charge in [0.05, 0.1) is 4.92 Å². The van der Waals surface area contributed by atoms with Crippen molar-refractivity contribution in [2.24, 2.45) is 0 Å². The molecule has 2 N–H and O–H groups in total. The van der Waals surface area contributed by atoms with Crippen LogP contribution in [0.5, 0.6) is 0 Å². The van der Waals surface area contributed by atoms with Crippen molar-refractivity contribution >= 4 is 34.7 Å². The van der Waals surface area contributed by atoms with Gasteiger partial charge in [-0.3, -0.25) is 10.1 Å². The molecule has 1 aromatic carbocycles. The number of anilines is 3. The number of halogens is 4. The maximum atomic E-state index is 12.9. The number of nitro benzene ring substituents is 1. The number of nitro groups is 1. The summed E-state index contributed by atoms with van der Waals surface area (Å²) >= 11 is 5.78. The quantitative estimate of drug-likeness (QED) is 0.611. The highest BCUT2D eigenvalue weighted by Gasteiger charge is 2.34. The number of nitrogens with zero attached hydrogens (tertiary/aromatic N) is 3. The lowest BCUT2D eigenvalue weighted by Gasteiger charge is -2.12. The van der Waals surface area contributed by atoms with Crippen molar-refractivity contribution in [1.29, 1.82) is 0 Å². The molecule has 0 saturated heterocycles. The SMILES string of the molecule is CCNc1nc(Nc2cc(Cl)ccc2[N+](=O)[O-])cc(C(F)(F)F)n1. The van der Waals surface area contributed by atoms with Crippen molar-refractivity contribution in [3.05, 3.63) is 45.1 Å². The average Bonchev–Trinajstić information content (AvgIpc) is 2.46. The second kappa shape index (κ2) is 6.87. The molecule has 2 aromatic rings. The molecule has 0 radical (unpaired) electrons. The van der Waals surface area contributed by atoms with Crippen molar-refractivity contribution in [1.82, 2.24) is 9.97 Å². The Balaban J connectivity index is 2.48. The third kappa shape index (κ3) is 4.22. The first-order valence-corrected chi connectivity index (χ1v) is 6.99. The number of benzene rings is 1. The molecule has 24 heavy (non-hydrogen) atoms. The fourth-order valence-corrected chi connectivity index (χ4v) is 1.97. The van der Waals surface area contributed by atoms with Crippen LogP contribution >= 0.6 is 11.6 Å². The summed E-state index contributed by atoms with van der Waals surface area (Å²) < 4.78 is 38.8. The summed E-state index contributed by atoms with van der Waals surface area (Å²) in [6.07, 6.45) is -4.69. The van der Waals surface area contributed by atoms with Crippen molar-refractivity contribution in [2.45, 2.75) is 13.1 Å². The fourth-order valence-electron chi connectivity index (χ4n) is 1.80. The van der Waals surface area contributed by atoms with E-state index in [0.29, 0.717) is 12.6 Å². The molecule has 0 unspecified atom stereocenters. The van der Waals surface area contributed by atoms with E-state index in [1.165, 1.54) is 12.1 Å². The molecule has 0 saturated carbocycles. The summed E-state index contributed by atoms with van der Waals surface area (Å²) in [5.41, 5.74) is -1.61. The van der Waals surface area contributed by atoms with Gasteiger partial charge in [-0.15, -0.1) is 0 Å². The van der Waals surface area contributed by atoms with Gasteiger partial charge in [-0.1, -0.05) is 11.6 Å². The molecule has 0 atom stereocenters. The minimum atomic E-state index is -4.69. The van der Waals surface area contributed by atoms with Crippen LogP contribution in [0.4, 0.5) is 36.3 Å². The topological polar surface area (TPSA) is 93.0 Å². The largest absolute Gasteiger partial charge is 0.433 e. The van der Waals surface area contributed by atoms with Gasteiger partial charge in [0.15, 0.2) is 5.69 Å². The maximum absolute atomic E-state index is 12.9. The molecule has 2 rings (SSSR count). The van der Waals surface area contributed by atoms with Gasteiger partial charge in [0, 0.05) is 23.7 Å². The Morgan fingerprint density at radius 1 is 1.29 bits per heavy atom. The zero-order valence-electron chi connectivity index (χ0n) is 12.2. The van der Waals surface area contributed by atoms with E-state index < -0.39 is 16.8 Å². The van der Waals surface area contributed by atoms with Crippen molar-refractivity contribution in [3.8, 4) is 0 Å². The second-order valence-electron chi connectivity index (χ2n) is 4.53. The first-order chi connectivity index (χ1) is 11.2. The summed E-state index contributed by atoms with van der Waals surface area (Å²) in [6, 6.07) is 4.32. The lowest BCUT2D eigenvalue weighted by atomic mass is 10.2. The summed E-state index contributed by atoms with van der Waals surface area (Å²) in [5.74, 6) is -0.502. The van der Waals surface area contributed by atoms with Gasteiger partial charge in [0.2, 0.25) is 5.95 Å². The van der Waals surface area contributed by atoms with Crippen molar-refractivity contribution < 1.29 is 18.1 Å². The highest BCUT2D eigenvalue weighted by atomic mass is 35.5. The third-order valence-electron chi connectivity index (χ3n) is 2.77. The van der Waals surface area contributed by atoms with Gasteiger partial charge in [0.1, 0.15) is 11.5 Å². The summed E-state index contributed by atoms with van der Waals surface area (Å²) in [4.78, 5) is 17.6. The molecule has 7 nitrogen and oxygen atoms in total. The number of rotatable bonds is 5. The molecule has 0 amide bonds. The molecule has 128 valence electrons. The van der Waals surface area contributed by atoms with Crippen LogP contribution in [0.25, 0.3) is 0 Å². The summed E-state index contributed by atoms with van der Waals surface area (Å²) in [6.45, 7) is 1.97. The van der Waals surface area contributed by atoms with Gasteiger partial charge < -0.3 is 10.6 Å². The molecular formula is C13H11ClF3N5O2. The van der Waals surface area contributed by atoms with E-state index in [-0.39, 0.29) is 28.2 Å². The highest BCUT2D eigenvalue weighted by Crippen LogP contribution is 2.33. The number of hydrogen-bond acceptors (Lipinski definition) is 6. The van der Waals surface area contributed by atoms with Gasteiger partial charge in [-0.05, 0) is 19.1 Å². The maximum Gasteiger partial charge on any atom is 0.433 e.